The fourth-order valence-corrected chi connectivity index (χ4v) is 2.29. The number of hydrogen-bond acceptors (Lipinski definition) is 5. The van der Waals surface area contributed by atoms with E-state index in [1.54, 1.807) is 0 Å². The van der Waals surface area contributed by atoms with Crippen LogP contribution in [-0.2, 0) is 10.2 Å². The zero-order valence-electron chi connectivity index (χ0n) is 12.8. The molecule has 0 spiro atoms. The first-order chi connectivity index (χ1) is 10.0. The number of anilines is 1. The minimum Gasteiger partial charge on any atom is -0.377 e. The molecule has 21 heavy (non-hydrogen) atoms. The maximum atomic E-state index is 5.44. The first-order valence-electron chi connectivity index (χ1n) is 7.26. The number of ether oxygens (including phenoxy) is 1. The van der Waals surface area contributed by atoms with Crippen molar-refractivity contribution in [3.8, 4) is 0 Å². The van der Waals surface area contributed by atoms with Gasteiger partial charge in [0.1, 0.15) is 5.82 Å². The van der Waals surface area contributed by atoms with Crippen molar-refractivity contribution in [2.24, 2.45) is 0 Å². The number of nitrogens with one attached hydrogen (secondary N) is 1. The molecule has 6 heteroatoms. The van der Waals surface area contributed by atoms with Crippen molar-refractivity contribution in [3.05, 3.63) is 29.6 Å². The van der Waals surface area contributed by atoms with E-state index in [1.165, 1.54) is 5.57 Å². The van der Waals surface area contributed by atoms with E-state index in [4.69, 9.17) is 4.74 Å². The summed E-state index contributed by atoms with van der Waals surface area (Å²) in [5.41, 5.74) is 1.94. The molecule has 3 rings (SSSR count). The Balaban J connectivity index is 1.81. The molecule has 0 fully saturated rings. The van der Waals surface area contributed by atoms with Crippen molar-refractivity contribution in [1.82, 2.24) is 19.8 Å². The molecule has 0 bridgehead atoms. The van der Waals surface area contributed by atoms with Gasteiger partial charge in [-0.2, -0.15) is 4.52 Å². The van der Waals surface area contributed by atoms with Crippen LogP contribution in [0.1, 0.15) is 33.0 Å². The molecule has 6 nitrogen and oxygen atoms in total. The predicted octanol–water partition coefficient (Wildman–Crippen LogP) is 2.18. The van der Waals surface area contributed by atoms with E-state index in [0.29, 0.717) is 6.61 Å². The topological polar surface area (TPSA) is 64.3 Å². The third kappa shape index (κ3) is 3.05. The second-order valence-electron chi connectivity index (χ2n) is 6.32. The summed E-state index contributed by atoms with van der Waals surface area (Å²) >= 11 is 0. The molecule has 3 heterocycles. The fourth-order valence-electron chi connectivity index (χ4n) is 2.29. The molecule has 2 aromatic heterocycles. The smallest absolute Gasteiger partial charge is 0.178 e. The molecule has 0 saturated carbocycles. The minimum atomic E-state index is -0.0925. The summed E-state index contributed by atoms with van der Waals surface area (Å²) in [6.45, 7) is 8.60. The lowest BCUT2D eigenvalue weighted by Gasteiger charge is -2.16. The van der Waals surface area contributed by atoms with Crippen LogP contribution in [-0.4, -0.2) is 39.6 Å². The first-order valence-corrected chi connectivity index (χ1v) is 7.26. The Morgan fingerprint density at radius 3 is 2.86 bits per heavy atom. The highest BCUT2D eigenvalue weighted by molar-refractivity contribution is 5.45. The fraction of sp³-hybridized carbons (Fsp3) is 0.533. The molecule has 2 aromatic rings. The summed E-state index contributed by atoms with van der Waals surface area (Å²) in [6, 6.07) is 3.87. The highest BCUT2D eigenvalue weighted by Crippen LogP contribution is 2.20. The van der Waals surface area contributed by atoms with Gasteiger partial charge in [-0.25, -0.2) is 0 Å². The van der Waals surface area contributed by atoms with Crippen LogP contribution in [0.15, 0.2) is 23.8 Å². The molecule has 0 saturated heterocycles. The standard InChI is InChI=1S/C15H21N5O/c1-15(2,3)14-18-17-13-7-6-12(19-20(13)14)16-9-11-5-4-8-21-10-11/h5-7H,4,8-10H2,1-3H3,(H,16,19). The maximum Gasteiger partial charge on any atom is 0.178 e. The van der Waals surface area contributed by atoms with Gasteiger partial charge >= 0.3 is 0 Å². The highest BCUT2D eigenvalue weighted by atomic mass is 16.5. The Labute approximate surface area is 124 Å². The van der Waals surface area contributed by atoms with E-state index in [-0.39, 0.29) is 5.41 Å². The van der Waals surface area contributed by atoms with E-state index >= 15 is 0 Å². The number of rotatable bonds is 3. The van der Waals surface area contributed by atoms with Gasteiger partial charge in [-0.15, -0.1) is 15.3 Å². The number of hydrogen-bond donors (Lipinski definition) is 1. The SMILES string of the molecule is CC(C)(C)c1nnc2ccc(NCC3=CCCOC3)nn12. The molecule has 1 aliphatic rings. The lowest BCUT2D eigenvalue weighted by molar-refractivity contribution is 0.150. The van der Waals surface area contributed by atoms with Gasteiger partial charge in [0.2, 0.25) is 0 Å². The molecule has 0 unspecified atom stereocenters. The normalized spacial score (nSPS) is 16.0. The van der Waals surface area contributed by atoms with E-state index in [0.717, 1.165) is 36.9 Å². The van der Waals surface area contributed by atoms with Crippen molar-refractivity contribution in [2.75, 3.05) is 25.1 Å². The average Bonchev–Trinajstić information content (AvgIpc) is 2.89. The van der Waals surface area contributed by atoms with Crippen LogP contribution in [0.3, 0.4) is 0 Å². The van der Waals surface area contributed by atoms with Crippen molar-refractivity contribution in [2.45, 2.75) is 32.6 Å². The van der Waals surface area contributed by atoms with Crippen LogP contribution in [0.5, 0.6) is 0 Å². The van der Waals surface area contributed by atoms with Crippen LogP contribution < -0.4 is 5.32 Å². The van der Waals surface area contributed by atoms with Gasteiger partial charge < -0.3 is 10.1 Å². The number of aromatic nitrogens is 4. The number of nitrogens with zero attached hydrogens (tertiary/aromatic N) is 4. The van der Waals surface area contributed by atoms with Crippen LogP contribution in [0.2, 0.25) is 0 Å². The molecule has 0 radical (unpaired) electrons. The van der Waals surface area contributed by atoms with Gasteiger partial charge in [-0.3, -0.25) is 0 Å². The lowest BCUT2D eigenvalue weighted by atomic mass is 9.96. The molecule has 0 aliphatic carbocycles. The van der Waals surface area contributed by atoms with Gasteiger partial charge in [0, 0.05) is 12.0 Å². The van der Waals surface area contributed by atoms with Crippen LogP contribution in [0.4, 0.5) is 5.82 Å². The van der Waals surface area contributed by atoms with Crippen molar-refractivity contribution >= 4 is 11.5 Å². The van der Waals surface area contributed by atoms with Crippen LogP contribution in [0, 0.1) is 0 Å². The third-order valence-corrected chi connectivity index (χ3v) is 3.41. The van der Waals surface area contributed by atoms with Crippen LogP contribution in [0.25, 0.3) is 5.65 Å². The molecular weight excluding hydrogens is 266 g/mol. The van der Waals surface area contributed by atoms with Gasteiger partial charge in [0.25, 0.3) is 0 Å². The Morgan fingerprint density at radius 2 is 2.14 bits per heavy atom. The van der Waals surface area contributed by atoms with Crippen molar-refractivity contribution < 1.29 is 4.74 Å². The summed E-state index contributed by atoms with van der Waals surface area (Å²) < 4.78 is 7.25. The Kier molecular flexibility index (Phi) is 3.63. The Bertz CT molecular complexity index is 668. The zero-order chi connectivity index (χ0) is 14.9. The van der Waals surface area contributed by atoms with E-state index in [1.807, 2.05) is 16.6 Å². The van der Waals surface area contributed by atoms with Gasteiger partial charge in [-0.1, -0.05) is 26.8 Å². The number of fused-ring (bicyclic) bond motifs is 1. The van der Waals surface area contributed by atoms with Gasteiger partial charge in [-0.05, 0) is 24.1 Å². The quantitative estimate of drug-likeness (QED) is 0.877. The third-order valence-electron chi connectivity index (χ3n) is 3.41. The molecule has 1 N–H and O–H groups in total. The van der Waals surface area contributed by atoms with E-state index in [2.05, 4.69) is 47.5 Å². The van der Waals surface area contributed by atoms with Gasteiger partial charge in [0.15, 0.2) is 11.5 Å². The molecule has 0 amide bonds. The molecule has 112 valence electrons. The second kappa shape index (κ2) is 5.44. The van der Waals surface area contributed by atoms with E-state index < -0.39 is 0 Å². The molecule has 1 aliphatic heterocycles. The first kappa shape index (κ1) is 14.0. The van der Waals surface area contributed by atoms with Crippen molar-refractivity contribution in [3.63, 3.8) is 0 Å². The molecule has 0 aromatic carbocycles. The summed E-state index contributed by atoms with van der Waals surface area (Å²) in [4.78, 5) is 0. The molecular formula is C15H21N5O. The summed E-state index contributed by atoms with van der Waals surface area (Å²) in [6.07, 6.45) is 3.22. The average molecular weight is 287 g/mol. The van der Waals surface area contributed by atoms with Gasteiger partial charge in [0.05, 0.1) is 13.2 Å². The predicted molar refractivity (Wildman–Crippen MR) is 81.5 cm³/mol. The highest BCUT2D eigenvalue weighted by Gasteiger charge is 2.21. The summed E-state index contributed by atoms with van der Waals surface area (Å²) in [5, 5.41) is 16.4. The second-order valence-corrected chi connectivity index (χ2v) is 6.32. The summed E-state index contributed by atoms with van der Waals surface area (Å²) in [5.74, 6) is 1.68. The Hall–Kier alpha value is -1.95. The zero-order valence-corrected chi connectivity index (χ0v) is 12.8. The largest absolute Gasteiger partial charge is 0.377 e. The summed E-state index contributed by atoms with van der Waals surface area (Å²) in [7, 11) is 0. The van der Waals surface area contributed by atoms with Crippen LogP contribution >= 0.6 is 0 Å². The lowest BCUT2D eigenvalue weighted by Crippen LogP contribution is -2.18. The minimum absolute atomic E-state index is 0.0925. The monoisotopic (exact) mass is 287 g/mol. The Morgan fingerprint density at radius 1 is 1.29 bits per heavy atom. The van der Waals surface area contributed by atoms with E-state index in [9.17, 15) is 0 Å². The molecule has 0 atom stereocenters. The maximum absolute atomic E-state index is 5.44. The van der Waals surface area contributed by atoms with Crippen molar-refractivity contribution in [1.29, 1.82) is 0 Å².